The van der Waals surface area contributed by atoms with Gasteiger partial charge in [0.25, 0.3) is 0 Å². The Morgan fingerprint density at radius 1 is 1.11 bits per heavy atom. The molecule has 6 heteroatoms. The number of aldehydes is 1. The molecule has 0 aliphatic heterocycles. The van der Waals surface area contributed by atoms with Crippen LogP contribution in [0.25, 0.3) is 0 Å². The number of benzene rings is 1. The standard InChI is InChI=1S/C15H21F3N2.C2H4O.2C2H6/c1-10(14(2,3)4)20(6)11-7-8-13(19-5)12(9-11)15(16,17)18;1-2-3;2*1-2/h7-9,19H,1H2,2-6H3;2H,1H3;2*1-2H3/p+1. The molecule has 2 N–H and O–H groups in total. The molecule has 0 aliphatic carbocycles. The van der Waals surface area contributed by atoms with E-state index in [4.69, 9.17) is 4.79 Å². The number of nitrogens with two attached hydrogens (primary N) is 1. The van der Waals surface area contributed by atoms with E-state index in [-0.39, 0.29) is 11.1 Å². The van der Waals surface area contributed by atoms with E-state index in [2.05, 4.69) is 6.58 Å². The Hall–Kier alpha value is -1.82. The molecule has 158 valence electrons. The Labute approximate surface area is 163 Å². The largest absolute Gasteiger partial charge is 0.422 e. The molecule has 0 saturated carbocycles. The Bertz CT molecular complexity index is 547. The van der Waals surface area contributed by atoms with Gasteiger partial charge in [0, 0.05) is 29.9 Å². The second kappa shape index (κ2) is 14.3. The molecule has 27 heavy (non-hydrogen) atoms. The molecule has 0 heterocycles. The highest BCUT2D eigenvalue weighted by Crippen LogP contribution is 2.37. The smallest absolute Gasteiger partial charge is 0.348 e. The number of anilines is 1. The van der Waals surface area contributed by atoms with Crippen molar-refractivity contribution in [1.82, 2.24) is 0 Å². The van der Waals surface area contributed by atoms with Gasteiger partial charge in [-0.1, -0.05) is 55.0 Å². The van der Waals surface area contributed by atoms with Gasteiger partial charge < -0.3 is 15.0 Å². The van der Waals surface area contributed by atoms with Crippen molar-refractivity contribution in [3.63, 3.8) is 0 Å². The van der Waals surface area contributed by atoms with Gasteiger partial charge in [0.05, 0.1) is 7.05 Å². The summed E-state index contributed by atoms with van der Waals surface area (Å²) in [6.07, 6.45) is -3.61. The third kappa shape index (κ3) is 10.8. The summed E-state index contributed by atoms with van der Waals surface area (Å²) in [4.78, 5) is 10.5. The number of hydrogen-bond donors (Lipinski definition) is 1. The summed E-state index contributed by atoms with van der Waals surface area (Å²) >= 11 is 0. The maximum absolute atomic E-state index is 13.1. The predicted molar refractivity (Wildman–Crippen MR) is 110 cm³/mol. The number of carbonyl (C=O) groups excluding carboxylic acids is 1. The summed E-state index contributed by atoms with van der Waals surface area (Å²) in [6.45, 7) is 19.3. The number of alkyl halides is 3. The number of nitrogens with zero attached hydrogens (tertiary/aromatic N) is 1. The van der Waals surface area contributed by atoms with Crippen molar-refractivity contribution < 1.29 is 23.3 Å². The van der Waals surface area contributed by atoms with Crippen molar-refractivity contribution in [2.24, 2.45) is 5.41 Å². The number of halogens is 3. The fraction of sp³-hybridized carbons (Fsp3) is 0.571. The van der Waals surface area contributed by atoms with Crippen LogP contribution in [0.15, 0.2) is 30.5 Å². The zero-order valence-corrected chi connectivity index (χ0v) is 18.6. The minimum absolute atomic E-state index is 0.191. The molecular formula is C21H38F3N2O+. The number of carbonyl (C=O) groups is 1. The second-order valence-electron chi connectivity index (χ2n) is 6.05. The first-order chi connectivity index (χ1) is 12.4. The summed E-state index contributed by atoms with van der Waals surface area (Å²) in [7, 11) is 3.33. The molecule has 0 fully saturated rings. The summed E-state index contributed by atoms with van der Waals surface area (Å²) in [5, 5.41) is 1.46. The Kier molecular flexibility index (Phi) is 15.8. The lowest BCUT2D eigenvalue weighted by atomic mass is 9.91. The first-order valence-electron chi connectivity index (χ1n) is 9.23. The van der Waals surface area contributed by atoms with Crippen LogP contribution in [0.2, 0.25) is 0 Å². The van der Waals surface area contributed by atoms with Gasteiger partial charge in [-0.2, -0.15) is 13.2 Å². The molecule has 0 spiro atoms. The van der Waals surface area contributed by atoms with Gasteiger partial charge in [0.1, 0.15) is 17.5 Å². The molecule has 0 aromatic heterocycles. The van der Waals surface area contributed by atoms with Gasteiger partial charge in [-0.3, -0.25) is 0 Å². The van der Waals surface area contributed by atoms with Crippen LogP contribution in [0.4, 0.5) is 24.5 Å². The molecule has 3 nitrogen and oxygen atoms in total. The highest BCUT2D eigenvalue weighted by molar-refractivity contribution is 5.59. The highest BCUT2D eigenvalue weighted by Gasteiger charge is 2.36. The van der Waals surface area contributed by atoms with Crippen molar-refractivity contribution in [3.05, 3.63) is 36.0 Å². The average molecular weight is 392 g/mol. The van der Waals surface area contributed by atoms with Crippen LogP contribution in [0.3, 0.4) is 0 Å². The minimum atomic E-state index is -4.36. The SMILES string of the molecule is C=C(N(C)c1ccc([NH2+]C)c(C(F)(F)F)c1)C(C)(C)C.CC.CC.CC=O. The van der Waals surface area contributed by atoms with Crippen LogP contribution in [0, 0.1) is 5.41 Å². The maximum Gasteiger partial charge on any atom is 0.422 e. The molecule has 0 saturated heterocycles. The van der Waals surface area contributed by atoms with Gasteiger partial charge in [-0.05, 0) is 19.1 Å². The van der Waals surface area contributed by atoms with Gasteiger partial charge in [0.2, 0.25) is 0 Å². The molecule has 0 bridgehead atoms. The molecular weight excluding hydrogens is 353 g/mol. The quantitative estimate of drug-likeness (QED) is 0.523. The van der Waals surface area contributed by atoms with E-state index in [0.717, 1.165) is 12.0 Å². The molecule has 0 atom stereocenters. The normalized spacial score (nSPS) is 10.1. The van der Waals surface area contributed by atoms with Crippen molar-refractivity contribution in [2.45, 2.75) is 61.6 Å². The molecule has 0 amide bonds. The second-order valence-corrected chi connectivity index (χ2v) is 6.05. The number of allylic oxidation sites excluding steroid dienone is 1. The molecule has 0 radical (unpaired) electrons. The lowest BCUT2D eigenvalue weighted by Gasteiger charge is -2.31. The van der Waals surface area contributed by atoms with Gasteiger partial charge in [-0.15, -0.1) is 0 Å². The van der Waals surface area contributed by atoms with E-state index in [0.29, 0.717) is 5.69 Å². The van der Waals surface area contributed by atoms with E-state index in [1.807, 2.05) is 48.5 Å². The molecule has 1 aromatic carbocycles. The lowest BCUT2D eigenvalue weighted by Crippen LogP contribution is -2.73. The Balaban J connectivity index is -0.000000725. The number of quaternary nitrogens is 1. The van der Waals surface area contributed by atoms with Crippen molar-refractivity contribution in [2.75, 3.05) is 19.0 Å². The van der Waals surface area contributed by atoms with Crippen LogP contribution in [-0.4, -0.2) is 20.4 Å². The van der Waals surface area contributed by atoms with Crippen molar-refractivity contribution in [3.8, 4) is 0 Å². The molecule has 1 rings (SSSR count). The van der Waals surface area contributed by atoms with Crippen molar-refractivity contribution >= 4 is 17.7 Å². The van der Waals surface area contributed by atoms with Crippen molar-refractivity contribution in [1.29, 1.82) is 0 Å². The third-order valence-electron chi connectivity index (χ3n) is 3.31. The summed E-state index contributed by atoms with van der Waals surface area (Å²) < 4.78 is 39.2. The van der Waals surface area contributed by atoms with Crippen LogP contribution < -0.4 is 10.2 Å². The molecule has 0 unspecified atom stereocenters. The Morgan fingerprint density at radius 3 is 1.81 bits per heavy atom. The first-order valence-corrected chi connectivity index (χ1v) is 9.23. The summed E-state index contributed by atoms with van der Waals surface area (Å²) in [6, 6.07) is 4.35. The monoisotopic (exact) mass is 391 g/mol. The van der Waals surface area contributed by atoms with Gasteiger partial charge in [0.15, 0.2) is 0 Å². The fourth-order valence-corrected chi connectivity index (χ4v) is 1.91. The minimum Gasteiger partial charge on any atom is -0.348 e. The van der Waals surface area contributed by atoms with E-state index in [1.165, 1.54) is 24.4 Å². The van der Waals surface area contributed by atoms with E-state index in [9.17, 15) is 13.2 Å². The van der Waals surface area contributed by atoms with Gasteiger partial charge in [-0.25, -0.2) is 0 Å². The topological polar surface area (TPSA) is 36.9 Å². The van der Waals surface area contributed by atoms with Crippen LogP contribution in [0.1, 0.15) is 61.0 Å². The molecule has 0 aliphatic rings. The van der Waals surface area contributed by atoms with E-state index >= 15 is 0 Å². The third-order valence-corrected chi connectivity index (χ3v) is 3.31. The summed E-state index contributed by atoms with van der Waals surface area (Å²) in [5.74, 6) is 0. The van der Waals surface area contributed by atoms with Crippen LogP contribution in [-0.2, 0) is 11.0 Å². The zero-order chi connectivity index (χ0) is 22.4. The maximum atomic E-state index is 13.1. The number of hydrogen-bond acceptors (Lipinski definition) is 2. The average Bonchev–Trinajstić information content (AvgIpc) is 2.62. The van der Waals surface area contributed by atoms with Crippen LogP contribution >= 0.6 is 0 Å². The Morgan fingerprint density at radius 2 is 1.52 bits per heavy atom. The van der Waals surface area contributed by atoms with E-state index in [1.54, 1.807) is 25.1 Å². The van der Waals surface area contributed by atoms with Crippen LogP contribution in [0.5, 0.6) is 0 Å². The lowest BCUT2D eigenvalue weighted by molar-refractivity contribution is -0.541. The zero-order valence-electron chi connectivity index (χ0n) is 18.6. The highest BCUT2D eigenvalue weighted by atomic mass is 19.4. The first kappa shape index (κ1) is 29.9. The van der Waals surface area contributed by atoms with E-state index < -0.39 is 11.7 Å². The summed E-state index contributed by atoms with van der Waals surface area (Å²) in [5.41, 5.74) is 0.617. The van der Waals surface area contributed by atoms with Gasteiger partial charge >= 0.3 is 6.18 Å². The predicted octanol–water partition coefficient (Wildman–Crippen LogP) is 5.78. The molecule has 1 aromatic rings. The number of rotatable bonds is 3. The fourth-order valence-electron chi connectivity index (χ4n) is 1.91.